The summed E-state index contributed by atoms with van der Waals surface area (Å²) >= 11 is 1.39. The first-order valence-corrected chi connectivity index (χ1v) is 10.9. The number of thioether (sulfide) groups is 1. The van der Waals surface area contributed by atoms with E-state index in [1.165, 1.54) is 28.5 Å². The van der Waals surface area contributed by atoms with Gasteiger partial charge in [-0.3, -0.25) is 9.36 Å². The molecule has 0 unspecified atom stereocenters. The van der Waals surface area contributed by atoms with Crippen LogP contribution in [0, 0.1) is 5.82 Å². The lowest BCUT2D eigenvalue weighted by Crippen LogP contribution is -2.23. The van der Waals surface area contributed by atoms with Crippen molar-refractivity contribution in [2.75, 3.05) is 0 Å². The van der Waals surface area contributed by atoms with Gasteiger partial charge in [0.05, 0.1) is 28.9 Å². The fourth-order valence-corrected chi connectivity index (χ4v) is 4.21. The molecule has 3 aromatic carbocycles. The zero-order valence-corrected chi connectivity index (χ0v) is 17.6. The number of nitrogens with zero attached hydrogens (tertiary/aromatic N) is 6. The first-order chi connectivity index (χ1) is 15.7. The number of aromatic nitrogens is 6. The second kappa shape index (κ2) is 8.72. The molecule has 0 fully saturated rings. The average molecular weight is 444 g/mol. The first kappa shape index (κ1) is 20.1. The molecule has 158 valence electrons. The summed E-state index contributed by atoms with van der Waals surface area (Å²) in [6.45, 7) is 0.534. The van der Waals surface area contributed by atoms with Crippen molar-refractivity contribution < 1.29 is 4.39 Å². The van der Waals surface area contributed by atoms with Gasteiger partial charge in [-0.25, -0.2) is 14.1 Å². The van der Waals surface area contributed by atoms with E-state index in [2.05, 4.69) is 15.5 Å². The molecule has 32 heavy (non-hydrogen) atoms. The summed E-state index contributed by atoms with van der Waals surface area (Å²) in [6, 6.07) is 22.9. The van der Waals surface area contributed by atoms with Crippen LogP contribution in [0.4, 0.5) is 4.39 Å². The van der Waals surface area contributed by atoms with Crippen molar-refractivity contribution >= 4 is 22.7 Å². The van der Waals surface area contributed by atoms with E-state index in [4.69, 9.17) is 4.98 Å². The molecular weight excluding hydrogens is 427 g/mol. The molecule has 2 heterocycles. The summed E-state index contributed by atoms with van der Waals surface area (Å²) in [4.78, 5) is 18.0. The Labute approximate surface area is 186 Å². The summed E-state index contributed by atoms with van der Waals surface area (Å²) in [5, 5.41) is 13.1. The smallest absolute Gasteiger partial charge is 0.265 e. The molecule has 0 radical (unpaired) electrons. The van der Waals surface area contributed by atoms with Crippen LogP contribution in [-0.2, 0) is 12.3 Å². The summed E-state index contributed by atoms with van der Waals surface area (Å²) in [6.07, 6.45) is 0. The molecule has 0 saturated heterocycles. The van der Waals surface area contributed by atoms with Gasteiger partial charge in [-0.15, -0.1) is 5.10 Å². The minimum Gasteiger partial charge on any atom is -0.268 e. The molecule has 0 aliphatic carbocycles. The summed E-state index contributed by atoms with van der Waals surface area (Å²) in [5.41, 5.74) is 2.03. The maximum absolute atomic E-state index is 13.5. The molecule has 0 bridgehead atoms. The normalized spacial score (nSPS) is 11.2. The molecule has 5 aromatic rings. The Balaban J connectivity index is 1.51. The van der Waals surface area contributed by atoms with Crippen molar-refractivity contribution in [3.05, 3.63) is 106 Å². The Kier molecular flexibility index (Phi) is 5.47. The summed E-state index contributed by atoms with van der Waals surface area (Å²) < 4.78 is 16.7. The third-order valence-electron chi connectivity index (χ3n) is 4.93. The van der Waals surface area contributed by atoms with Crippen molar-refractivity contribution in [1.82, 2.24) is 29.8 Å². The first-order valence-electron chi connectivity index (χ1n) is 9.88. The number of hydrogen-bond donors (Lipinski definition) is 0. The number of tetrazole rings is 1. The lowest BCUT2D eigenvalue weighted by Gasteiger charge is -2.13. The summed E-state index contributed by atoms with van der Waals surface area (Å²) in [7, 11) is 0. The molecule has 0 aliphatic rings. The number of para-hydroxylation sites is 1. The quantitative estimate of drug-likeness (QED) is 0.370. The van der Waals surface area contributed by atoms with Crippen LogP contribution in [0.2, 0.25) is 0 Å². The SMILES string of the molecule is O=c1c2ccccc2nc(CSc2nnnn2Cc2ccccc2)n1-c1ccc(F)cc1. The zero-order chi connectivity index (χ0) is 21.9. The van der Waals surface area contributed by atoms with Crippen molar-refractivity contribution in [2.24, 2.45) is 0 Å². The molecule has 0 atom stereocenters. The van der Waals surface area contributed by atoms with Crippen molar-refractivity contribution in [3.63, 3.8) is 0 Å². The van der Waals surface area contributed by atoms with E-state index in [0.717, 1.165) is 5.56 Å². The molecule has 2 aromatic heterocycles. The van der Waals surface area contributed by atoms with Crippen LogP contribution in [0.1, 0.15) is 11.4 Å². The predicted octanol–water partition coefficient (Wildman–Crippen LogP) is 3.85. The fraction of sp³-hybridized carbons (Fsp3) is 0.0870. The van der Waals surface area contributed by atoms with Crippen LogP contribution < -0.4 is 5.56 Å². The number of fused-ring (bicyclic) bond motifs is 1. The third-order valence-corrected chi connectivity index (χ3v) is 5.89. The lowest BCUT2D eigenvalue weighted by atomic mass is 10.2. The molecule has 9 heteroatoms. The van der Waals surface area contributed by atoms with Crippen LogP contribution in [0.3, 0.4) is 0 Å². The maximum atomic E-state index is 13.5. The average Bonchev–Trinajstić information content (AvgIpc) is 3.26. The van der Waals surface area contributed by atoms with E-state index in [9.17, 15) is 9.18 Å². The highest BCUT2D eigenvalue weighted by molar-refractivity contribution is 7.98. The number of benzene rings is 3. The molecule has 7 nitrogen and oxygen atoms in total. The van der Waals surface area contributed by atoms with Crippen molar-refractivity contribution in [2.45, 2.75) is 17.5 Å². The third kappa shape index (κ3) is 4.02. The van der Waals surface area contributed by atoms with Crippen LogP contribution in [0.15, 0.2) is 88.8 Å². The highest BCUT2D eigenvalue weighted by atomic mass is 32.2. The Morgan fingerprint density at radius 3 is 2.47 bits per heavy atom. The van der Waals surface area contributed by atoms with Gasteiger partial charge in [0.2, 0.25) is 5.16 Å². The monoisotopic (exact) mass is 444 g/mol. The Morgan fingerprint density at radius 1 is 0.906 bits per heavy atom. The Bertz CT molecular complexity index is 1430. The van der Waals surface area contributed by atoms with Gasteiger partial charge >= 0.3 is 0 Å². The second-order valence-corrected chi connectivity index (χ2v) is 8.00. The minimum atomic E-state index is -0.369. The van der Waals surface area contributed by atoms with E-state index in [1.807, 2.05) is 36.4 Å². The van der Waals surface area contributed by atoms with Gasteiger partial charge in [-0.05, 0) is 52.4 Å². The van der Waals surface area contributed by atoms with Gasteiger partial charge in [0.1, 0.15) is 11.6 Å². The van der Waals surface area contributed by atoms with E-state index in [1.54, 1.807) is 35.0 Å². The highest BCUT2D eigenvalue weighted by Gasteiger charge is 2.15. The molecule has 0 aliphatic heterocycles. The topological polar surface area (TPSA) is 78.5 Å². The zero-order valence-electron chi connectivity index (χ0n) is 16.8. The van der Waals surface area contributed by atoms with E-state index in [0.29, 0.717) is 39.9 Å². The highest BCUT2D eigenvalue weighted by Crippen LogP contribution is 2.22. The Morgan fingerprint density at radius 2 is 1.66 bits per heavy atom. The van der Waals surface area contributed by atoms with Crippen molar-refractivity contribution in [3.8, 4) is 5.69 Å². The van der Waals surface area contributed by atoms with E-state index < -0.39 is 0 Å². The fourth-order valence-electron chi connectivity index (χ4n) is 3.42. The van der Waals surface area contributed by atoms with Gasteiger partial charge in [0, 0.05) is 0 Å². The van der Waals surface area contributed by atoms with Gasteiger partial charge in [-0.1, -0.05) is 54.2 Å². The van der Waals surface area contributed by atoms with Crippen LogP contribution in [0.25, 0.3) is 16.6 Å². The van der Waals surface area contributed by atoms with Gasteiger partial charge in [-0.2, -0.15) is 0 Å². The van der Waals surface area contributed by atoms with Crippen molar-refractivity contribution in [1.29, 1.82) is 0 Å². The molecular formula is C23H17FN6OS. The standard InChI is InChI=1S/C23H17FN6OS/c24-17-10-12-18(13-11-17)30-21(25-20-9-5-4-8-19(20)22(30)31)15-32-23-26-27-28-29(23)14-16-6-2-1-3-7-16/h1-13H,14-15H2. The van der Waals surface area contributed by atoms with Gasteiger partial charge in [0.25, 0.3) is 5.56 Å². The largest absolute Gasteiger partial charge is 0.268 e. The second-order valence-electron chi connectivity index (χ2n) is 7.06. The van der Waals surface area contributed by atoms with E-state index in [-0.39, 0.29) is 11.4 Å². The van der Waals surface area contributed by atoms with Gasteiger partial charge in [0.15, 0.2) is 0 Å². The van der Waals surface area contributed by atoms with Crippen LogP contribution in [-0.4, -0.2) is 29.8 Å². The number of halogens is 1. The lowest BCUT2D eigenvalue weighted by molar-refractivity contribution is 0.602. The van der Waals surface area contributed by atoms with Crippen LogP contribution in [0.5, 0.6) is 0 Å². The minimum absolute atomic E-state index is 0.207. The number of hydrogen-bond acceptors (Lipinski definition) is 6. The van der Waals surface area contributed by atoms with Gasteiger partial charge < -0.3 is 0 Å². The molecule has 0 amide bonds. The van der Waals surface area contributed by atoms with Crippen LogP contribution >= 0.6 is 11.8 Å². The maximum Gasteiger partial charge on any atom is 0.265 e. The van der Waals surface area contributed by atoms with E-state index >= 15 is 0 Å². The number of rotatable bonds is 6. The molecule has 0 saturated carbocycles. The summed E-state index contributed by atoms with van der Waals surface area (Å²) in [5.74, 6) is 0.512. The molecule has 0 spiro atoms. The molecule has 0 N–H and O–H groups in total. The Hall–Kier alpha value is -3.85. The predicted molar refractivity (Wildman–Crippen MR) is 120 cm³/mol. The molecule has 5 rings (SSSR count).